The predicted octanol–water partition coefficient (Wildman–Crippen LogP) is 4.41. The smallest absolute Gasteiger partial charge is 0.0770 e. The minimum absolute atomic E-state index is 0.0920. The van der Waals surface area contributed by atoms with Crippen molar-refractivity contribution in [1.29, 1.82) is 0 Å². The summed E-state index contributed by atoms with van der Waals surface area (Å²) in [6, 6.07) is 6.31. The van der Waals surface area contributed by atoms with Crippen molar-refractivity contribution in [3.63, 3.8) is 0 Å². The normalized spacial score (nSPS) is 12.7. The van der Waals surface area contributed by atoms with Crippen molar-refractivity contribution in [1.82, 2.24) is 15.1 Å². The summed E-state index contributed by atoms with van der Waals surface area (Å²) in [5.74, 6) is 0. The highest BCUT2D eigenvalue weighted by molar-refractivity contribution is 9.11. The number of halogens is 3. The average molecular weight is 452 g/mol. The number of hydrogen-bond donors (Lipinski definition) is 1. The molecule has 0 fully saturated rings. The van der Waals surface area contributed by atoms with Gasteiger partial charge in [0, 0.05) is 16.0 Å². The van der Waals surface area contributed by atoms with E-state index >= 15 is 0 Å². The Balaban J connectivity index is 2.51. The predicted molar refractivity (Wildman–Crippen MR) is 88.3 cm³/mol. The van der Waals surface area contributed by atoms with Gasteiger partial charge in [-0.3, -0.25) is 4.68 Å². The fourth-order valence-electron chi connectivity index (χ4n) is 2.04. The molecule has 1 atom stereocenters. The average Bonchev–Trinajstić information content (AvgIpc) is 2.67. The van der Waals surface area contributed by atoms with Gasteiger partial charge in [-0.25, -0.2) is 0 Å². The van der Waals surface area contributed by atoms with Gasteiger partial charge in [-0.05, 0) is 40.2 Å². The molecule has 19 heavy (non-hydrogen) atoms. The maximum Gasteiger partial charge on any atom is 0.0770 e. The SMILES string of the molecule is CCNC(c1ccc(Br)cc1Br)c1c(Br)cnn1C. The third-order valence-corrected chi connectivity index (χ3v) is 4.68. The molecule has 0 aliphatic rings. The zero-order valence-electron chi connectivity index (χ0n) is 10.6. The van der Waals surface area contributed by atoms with E-state index in [1.807, 2.05) is 17.9 Å². The van der Waals surface area contributed by atoms with Crippen molar-refractivity contribution >= 4 is 47.8 Å². The molecule has 0 amide bonds. The molecule has 1 heterocycles. The molecule has 0 saturated heterocycles. The number of nitrogens with zero attached hydrogens (tertiary/aromatic N) is 2. The molecule has 0 bridgehead atoms. The second kappa shape index (κ2) is 6.52. The second-order valence-corrected chi connectivity index (χ2v) is 6.78. The fourth-order valence-corrected chi connectivity index (χ4v) is 3.89. The molecule has 3 nitrogen and oxygen atoms in total. The van der Waals surface area contributed by atoms with E-state index in [0.717, 1.165) is 25.7 Å². The van der Waals surface area contributed by atoms with E-state index < -0.39 is 0 Å². The van der Waals surface area contributed by atoms with Crippen molar-refractivity contribution in [2.75, 3.05) is 6.54 Å². The van der Waals surface area contributed by atoms with E-state index in [9.17, 15) is 0 Å². The fraction of sp³-hybridized carbons (Fsp3) is 0.308. The molecule has 102 valence electrons. The summed E-state index contributed by atoms with van der Waals surface area (Å²) in [5.41, 5.74) is 2.30. The van der Waals surface area contributed by atoms with Crippen LogP contribution in [0, 0.1) is 0 Å². The van der Waals surface area contributed by atoms with Gasteiger partial charge in [-0.2, -0.15) is 5.10 Å². The molecule has 1 aromatic heterocycles. The number of hydrogen-bond acceptors (Lipinski definition) is 2. The van der Waals surface area contributed by atoms with Gasteiger partial charge in [-0.15, -0.1) is 0 Å². The Morgan fingerprint density at radius 1 is 1.26 bits per heavy atom. The zero-order chi connectivity index (χ0) is 14.0. The first-order valence-corrected chi connectivity index (χ1v) is 8.28. The number of aryl methyl sites for hydroxylation is 1. The third kappa shape index (κ3) is 3.29. The summed E-state index contributed by atoms with van der Waals surface area (Å²) in [4.78, 5) is 0. The summed E-state index contributed by atoms with van der Waals surface area (Å²) in [7, 11) is 1.96. The Kier molecular flexibility index (Phi) is 5.22. The zero-order valence-corrected chi connectivity index (χ0v) is 15.4. The highest BCUT2D eigenvalue weighted by Gasteiger charge is 2.21. The summed E-state index contributed by atoms with van der Waals surface area (Å²) in [5, 5.41) is 7.80. The molecule has 6 heteroatoms. The minimum atomic E-state index is 0.0920. The van der Waals surface area contributed by atoms with Crippen molar-refractivity contribution in [2.24, 2.45) is 7.05 Å². The molecule has 0 aliphatic heterocycles. The lowest BCUT2D eigenvalue weighted by atomic mass is 10.0. The molecule has 0 aliphatic carbocycles. The van der Waals surface area contributed by atoms with Crippen LogP contribution >= 0.6 is 47.8 Å². The first-order chi connectivity index (χ1) is 9.04. The van der Waals surface area contributed by atoms with Crippen LogP contribution in [0.3, 0.4) is 0 Å². The van der Waals surface area contributed by atoms with Gasteiger partial charge in [0.2, 0.25) is 0 Å². The Bertz CT molecular complexity index is 561. The number of rotatable bonds is 4. The lowest BCUT2D eigenvalue weighted by Gasteiger charge is -2.21. The quantitative estimate of drug-likeness (QED) is 0.746. The second-order valence-electron chi connectivity index (χ2n) is 4.16. The van der Waals surface area contributed by atoms with Crippen molar-refractivity contribution in [3.05, 3.63) is 49.1 Å². The molecular formula is C13H14Br3N3. The van der Waals surface area contributed by atoms with Crippen LogP contribution in [0.5, 0.6) is 0 Å². The maximum atomic E-state index is 4.30. The Morgan fingerprint density at radius 3 is 2.53 bits per heavy atom. The van der Waals surface area contributed by atoms with E-state index in [2.05, 4.69) is 83.3 Å². The molecule has 0 radical (unpaired) electrons. The Labute approximate surface area is 138 Å². The van der Waals surface area contributed by atoms with Gasteiger partial charge < -0.3 is 5.32 Å². The standard InChI is InChI=1S/C13H14Br3N3/c1-3-17-12(13-11(16)7-18-19(13)2)9-5-4-8(14)6-10(9)15/h4-7,12,17H,3H2,1-2H3. The van der Waals surface area contributed by atoms with Crippen LogP contribution < -0.4 is 5.32 Å². The van der Waals surface area contributed by atoms with Crippen molar-refractivity contribution in [2.45, 2.75) is 13.0 Å². The lowest BCUT2D eigenvalue weighted by Crippen LogP contribution is -2.25. The Hall–Kier alpha value is -0.170. The van der Waals surface area contributed by atoms with E-state index in [1.165, 1.54) is 5.56 Å². The largest absolute Gasteiger partial charge is 0.305 e. The van der Waals surface area contributed by atoms with Gasteiger partial charge in [-0.1, -0.05) is 44.8 Å². The van der Waals surface area contributed by atoms with Gasteiger partial charge in [0.05, 0.1) is 22.4 Å². The summed E-state index contributed by atoms with van der Waals surface area (Å²) < 4.78 is 5.03. The monoisotopic (exact) mass is 449 g/mol. The minimum Gasteiger partial charge on any atom is -0.305 e. The molecule has 1 N–H and O–H groups in total. The first-order valence-electron chi connectivity index (χ1n) is 5.90. The van der Waals surface area contributed by atoms with E-state index in [1.54, 1.807) is 0 Å². The van der Waals surface area contributed by atoms with E-state index in [-0.39, 0.29) is 6.04 Å². The molecule has 0 spiro atoms. The molecular weight excluding hydrogens is 438 g/mol. The summed E-state index contributed by atoms with van der Waals surface area (Å²) >= 11 is 10.7. The van der Waals surface area contributed by atoms with Crippen LogP contribution in [-0.2, 0) is 7.05 Å². The van der Waals surface area contributed by atoms with Gasteiger partial charge in [0.15, 0.2) is 0 Å². The molecule has 1 unspecified atom stereocenters. The van der Waals surface area contributed by atoms with E-state index in [4.69, 9.17) is 0 Å². The maximum absolute atomic E-state index is 4.30. The van der Waals surface area contributed by atoms with Gasteiger partial charge in [0.1, 0.15) is 0 Å². The summed E-state index contributed by atoms with van der Waals surface area (Å²) in [6.07, 6.45) is 1.83. The lowest BCUT2D eigenvalue weighted by molar-refractivity contribution is 0.569. The molecule has 2 rings (SSSR count). The van der Waals surface area contributed by atoms with Crippen LogP contribution in [0.25, 0.3) is 0 Å². The molecule has 0 saturated carbocycles. The first kappa shape index (κ1) is 15.2. The van der Waals surface area contributed by atoms with Crippen LogP contribution in [0.2, 0.25) is 0 Å². The van der Waals surface area contributed by atoms with Crippen LogP contribution in [0.4, 0.5) is 0 Å². The molecule has 1 aromatic carbocycles. The van der Waals surface area contributed by atoms with Crippen LogP contribution in [-0.4, -0.2) is 16.3 Å². The summed E-state index contributed by atoms with van der Waals surface area (Å²) in [6.45, 7) is 2.98. The van der Waals surface area contributed by atoms with Crippen molar-refractivity contribution < 1.29 is 0 Å². The van der Waals surface area contributed by atoms with Crippen LogP contribution in [0.1, 0.15) is 24.2 Å². The highest BCUT2D eigenvalue weighted by Crippen LogP contribution is 2.33. The number of aromatic nitrogens is 2. The topological polar surface area (TPSA) is 29.9 Å². The third-order valence-electron chi connectivity index (χ3n) is 2.89. The Morgan fingerprint density at radius 2 is 2.00 bits per heavy atom. The van der Waals surface area contributed by atoms with E-state index in [0.29, 0.717) is 0 Å². The molecule has 2 aromatic rings. The van der Waals surface area contributed by atoms with Gasteiger partial charge in [0.25, 0.3) is 0 Å². The van der Waals surface area contributed by atoms with Gasteiger partial charge >= 0.3 is 0 Å². The number of benzene rings is 1. The van der Waals surface area contributed by atoms with Crippen LogP contribution in [0.15, 0.2) is 37.8 Å². The highest BCUT2D eigenvalue weighted by atomic mass is 79.9. The van der Waals surface area contributed by atoms with Crippen molar-refractivity contribution in [3.8, 4) is 0 Å². The number of nitrogens with one attached hydrogen (secondary N) is 1.